The Morgan fingerprint density at radius 1 is 1.00 bits per heavy atom. The van der Waals surface area contributed by atoms with Crippen molar-refractivity contribution < 1.29 is 19.1 Å². The highest BCUT2D eigenvalue weighted by Crippen LogP contribution is 2.29. The minimum Gasteiger partial charge on any atom is -0.493 e. The van der Waals surface area contributed by atoms with Gasteiger partial charge >= 0.3 is 0 Å². The molecule has 0 bridgehead atoms. The molecule has 1 aliphatic rings. The van der Waals surface area contributed by atoms with Crippen molar-refractivity contribution in [2.75, 3.05) is 33.4 Å². The van der Waals surface area contributed by atoms with Crippen molar-refractivity contribution in [2.24, 2.45) is 5.10 Å². The van der Waals surface area contributed by atoms with E-state index in [4.69, 9.17) is 14.3 Å². The summed E-state index contributed by atoms with van der Waals surface area (Å²) in [4.78, 5) is 17.2. The van der Waals surface area contributed by atoms with Gasteiger partial charge in [-0.15, -0.1) is 0 Å². The van der Waals surface area contributed by atoms with Gasteiger partial charge in [0.15, 0.2) is 11.5 Å². The second kappa shape index (κ2) is 9.23. The third-order valence-corrected chi connectivity index (χ3v) is 4.61. The number of nitrogens with zero attached hydrogens (tertiary/aromatic N) is 2. The summed E-state index contributed by atoms with van der Waals surface area (Å²) in [7, 11) is 4.78. The van der Waals surface area contributed by atoms with Gasteiger partial charge in [0.25, 0.3) is 0 Å². The van der Waals surface area contributed by atoms with Crippen LogP contribution in [-0.4, -0.2) is 44.5 Å². The average Bonchev–Trinajstić information content (AvgIpc) is 2.74. The number of carbonyl (C=O) groups excluding carboxylic acids is 1. The van der Waals surface area contributed by atoms with Crippen molar-refractivity contribution in [1.29, 1.82) is 0 Å². The molecule has 0 radical (unpaired) electrons. The number of amides is 1. The van der Waals surface area contributed by atoms with Gasteiger partial charge < -0.3 is 9.47 Å². The Morgan fingerprint density at radius 2 is 1.75 bits per heavy atom. The molecule has 0 aliphatic carbocycles. The van der Waals surface area contributed by atoms with Gasteiger partial charge in [-0.05, 0) is 42.3 Å². The highest BCUT2D eigenvalue weighted by atomic mass is 16.6. The Balaban J connectivity index is 1.71. The van der Waals surface area contributed by atoms with Crippen LogP contribution in [0, 0.1) is 0 Å². The van der Waals surface area contributed by atoms with Crippen molar-refractivity contribution in [3.05, 3.63) is 53.6 Å². The third kappa shape index (κ3) is 4.61. The van der Waals surface area contributed by atoms with Crippen LogP contribution in [0.5, 0.6) is 11.5 Å². The number of hydrogen-bond acceptors (Lipinski definition) is 6. The maximum absolute atomic E-state index is 12.3. The summed E-state index contributed by atoms with van der Waals surface area (Å²) in [6, 6.07) is 13.6. The zero-order valence-corrected chi connectivity index (χ0v) is 16.4. The number of ether oxygens (including phenoxy) is 2. The summed E-state index contributed by atoms with van der Waals surface area (Å²) >= 11 is 0. The minimum absolute atomic E-state index is 0.0434. The molecule has 1 aliphatic heterocycles. The molecule has 0 aromatic heterocycles. The molecule has 0 spiro atoms. The van der Waals surface area contributed by atoms with Crippen LogP contribution in [0.25, 0.3) is 0 Å². The predicted molar refractivity (Wildman–Crippen MR) is 108 cm³/mol. The minimum atomic E-state index is 0.0434. The van der Waals surface area contributed by atoms with Gasteiger partial charge in [0.1, 0.15) is 0 Å². The summed E-state index contributed by atoms with van der Waals surface area (Å²) in [5.41, 5.74) is 6.60. The topological polar surface area (TPSA) is 72.4 Å². The maximum atomic E-state index is 12.3. The van der Waals surface area contributed by atoms with Crippen molar-refractivity contribution in [2.45, 2.75) is 19.3 Å². The number of methoxy groups -OCH3 is 2. The first-order valence-corrected chi connectivity index (χ1v) is 9.12. The van der Waals surface area contributed by atoms with Crippen LogP contribution >= 0.6 is 0 Å². The fraction of sp³-hybridized carbons (Fsp3) is 0.333. The Kier molecular flexibility index (Phi) is 6.49. The lowest BCUT2D eigenvalue weighted by molar-refractivity contribution is -0.131. The quantitative estimate of drug-likeness (QED) is 0.709. The van der Waals surface area contributed by atoms with Gasteiger partial charge in [-0.1, -0.05) is 12.1 Å². The van der Waals surface area contributed by atoms with Gasteiger partial charge in [-0.2, -0.15) is 5.10 Å². The smallest absolute Gasteiger partial charge is 0.243 e. The van der Waals surface area contributed by atoms with Crippen LogP contribution in [0.15, 0.2) is 47.6 Å². The van der Waals surface area contributed by atoms with E-state index in [0.717, 1.165) is 28.9 Å². The van der Waals surface area contributed by atoms with Gasteiger partial charge in [0, 0.05) is 24.9 Å². The molecule has 1 amide bonds. The average molecular weight is 383 g/mol. The molecule has 7 nitrogen and oxygen atoms in total. The monoisotopic (exact) mass is 383 g/mol. The van der Waals surface area contributed by atoms with Crippen LogP contribution < -0.4 is 15.0 Å². The van der Waals surface area contributed by atoms with E-state index in [1.807, 2.05) is 42.5 Å². The number of hydrogen-bond donors (Lipinski definition) is 1. The van der Waals surface area contributed by atoms with Gasteiger partial charge in [0.05, 0.1) is 32.7 Å². The molecule has 2 aromatic rings. The SMILES string of the molecule is CONc1ccc(CCN2N=C(c3ccc(OC)c(OC)c3)CCC2=O)cc1. The van der Waals surface area contributed by atoms with E-state index in [2.05, 4.69) is 10.6 Å². The van der Waals surface area contributed by atoms with Gasteiger partial charge in [-0.25, -0.2) is 5.01 Å². The molecular weight excluding hydrogens is 358 g/mol. The third-order valence-electron chi connectivity index (χ3n) is 4.61. The molecule has 0 saturated carbocycles. The standard InChI is InChI=1S/C21H25N3O4/c1-26-19-10-6-16(14-20(19)27-2)18-9-11-21(25)24(22-18)13-12-15-4-7-17(8-5-15)23-28-3/h4-8,10,14,23H,9,11-13H2,1-3H3. The number of rotatable bonds is 8. The molecule has 148 valence electrons. The van der Waals surface area contributed by atoms with E-state index in [1.165, 1.54) is 0 Å². The lowest BCUT2D eigenvalue weighted by Crippen LogP contribution is -2.33. The van der Waals surface area contributed by atoms with Crippen molar-refractivity contribution in [3.8, 4) is 11.5 Å². The van der Waals surface area contributed by atoms with E-state index in [9.17, 15) is 4.79 Å². The van der Waals surface area contributed by atoms with E-state index < -0.39 is 0 Å². The Hall–Kier alpha value is -3.06. The van der Waals surface area contributed by atoms with Crippen LogP contribution in [0.3, 0.4) is 0 Å². The molecular formula is C21H25N3O4. The number of nitrogens with one attached hydrogen (secondary N) is 1. The number of hydrazone groups is 1. The van der Waals surface area contributed by atoms with E-state index >= 15 is 0 Å². The molecule has 3 rings (SSSR count). The maximum Gasteiger partial charge on any atom is 0.243 e. The zero-order valence-electron chi connectivity index (χ0n) is 16.4. The van der Waals surface area contributed by atoms with Gasteiger partial charge in [-0.3, -0.25) is 15.1 Å². The Bertz CT molecular complexity index is 849. The summed E-state index contributed by atoms with van der Waals surface area (Å²) < 4.78 is 10.7. The number of benzene rings is 2. The molecule has 1 N–H and O–H groups in total. The van der Waals surface area contributed by atoms with Crippen LogP contribution in [0.2, 0.25) is 0 Å². The second-order valence-corrected chi connectivity index (χ2v) is 6.39. The summed E-state index contributed by atoms with van der Waals surface area (Å²) in [5, 5.41) is 6.16. The molecule has 7 heteroatoms. The number of carbonyl (C=O) groups is 1. The van der Waals surface area contributed by atoms with Crippen molar-refractivity contribution in [3.63, 3.8) is 0 Å². The molecule has 28 heavy (non-hydrogen) atoms. The lowest BCUT2D eigenvalue weighted by Gasteiger charge is -2.24. The Labute approximate surface area is 164 Å². The fourth-order valence-electron chi connectivity index (χ4n) is 3.09. The molecule has 0 atom stereocenters. The predicted octanol–water partition coefficient (Wildman–Crippen LogP) is 3.25. The summed E-state index contributed by atoms with van der Waals surface area (Å²) in [5.74, 6) is 1.36. The molecule has 0 saturated heterocycles. The fourth-order valence-corrected chi connectivity index (χ4v) is 3.09. The first kappa shape index (κ1) is 19.7. The van der Waals surface area contributed by atoms with Crippen LogP contribution in [0.1, 0.15) is 24.0 Å². The normalized spacial score (nSPS) is 13.9. The van der Waals surface area contributed by atoms with Crippen LogP contribution in [-0.2, 0) is 16.1 Å². The zero-order chi connectivity index (χ0) is 19.9. The largest absolute Gasteiger partial charge is 0.493 e. The van der Waals surface area contributed by atoms with Crippen molar-refractivity contribution >= 4 is 17.3 Å². The Morgan fingerprint density at radius 3 is 2.43 bits per heavy atom. The summed E-state index contributed by atoms with van der Waals surface area (Å²) in [6.07, 6.45) is 1.79. The highest BCUT2D eigenvalue weighted by Gasteiger charge is 2.22. The van der Waals surface area contributed by atoms with Gasteiger partial charge in [0.2, 0.25) is 5.91 Å². The molecule has 0 fully saturated rings. The highest BCUT2D eigenvalue weighted by molar-refractivity contribution is 6.04. The molecule has 1 heterocycles. The number of anilines is 1. The summed E-state index contributed by atoms with van der Waals surface area (Å²) in [6.45, 7) is 0.534. The molecule has 0 unspecified atom stereocenters. The first-order chi connectivity index (χ1) is 13.6. The molecule has 2 aromatic carbocycles. The van der Waals surface area contributed by atoms with E-state index in [0.29, 0.717) is 30.9 Å². The van der Waals surface area contributed by atoms with Crippen LogP contribution in [0.4, 0.5) is 5.69 Å². The first-order valence-electron chi connectivity index (χ1n) is 9.12. The van der Waals surface area contributed by atoms with Crippen molar-refractivity contribution in [1.82, 2.24) is 5.01 Å². The lowest BCUT2D eigenvalue weighted by atomic mass is 10.0. The second-order valence-electron chi connectivity index (χ2n) is 6.39. The van der Waals surface area contributed by atoms with E-state index in [1.54, 1.807) is 26.3 Å². The van der Waals surface area contributed by atoms with E-state index in [-0.39, 0.29) is 5.91 Å².